The number of unbranched alkanes of at least 4 members (excludes halogenated alkanes) is 14. The average Bonchev–Trinajstić information content (AvgIpc) is 3.33. The molecule has 0 spiro atoms. The molecule has 0 heteroatoms. The molecule has 0 fully saturated rings. The molecule has 0 aliphatic carbocycles. The summed E-state index contributed by atoms with van der Waals surface area (Å²) in [6.45, 7) is 9.08. The molecule has 330 valence electrons. The van der Waals surface area contributed by atoms with Crippen molar-refractivity contribution in [1.82, 2.24) is 0 Å². The first kappa shape index (κ1) is 49.4. The van der Waals surface area contributed by atoms with Crippen molar-refractivity contribution in [3.05, 3.63) is 176 Å². The van der Waals surface area contributed by atoms with Gasteiger partial charge in [-0.05, 0) is 159 Å². The van der Waals surface area contributed by atoms with E-state index in [0.717, 1.165) is 83.0 Å². The van der Waals surface area contributed by atoms with Crippen LogP contribution in [-0.2, 0) is 25.7 Å². The lowest BCUT2D eigenvalue weighted by atomic mass is 9.92. The Bertz CT molecular complexity index is 2190. The Kier molecular flexibility index (Phi) is 22.9. The van der Waals surface area contributed by atoms with Crippen LogP contribution in [-0.4, -0.2) is 0 Å². The lowest BCUT2D eigenvalue weighted by molar-refractivity contribution is 0.607. The van der Waals surface area contributed by atoms with E-state index in [1.807, 2.05) is 0 Å². The predicted molar refractivity (Wildman–Crippen MR) is 277 cm³/mol. The quantitative estimate of drug-likeness (QED) is 0.0481. The maximum Gasteiger partial charge on any atom is 0.0284 e. The molecule has 0 N–H and O–H groups in total. The molecule has 0 aromatic heterocycles. The third-order valence-corrected chi connectivity index (χ3v) is 12.1. The van der Waals surface area contributed by atoms with Gasteiger partial charge in [-0.2, -0.15) is 0 Å². The van der Waals surface area contributed by atoms with Gasteiger partial charge in [-0.3, -0.25) is 0 Å². The summed E-state index contributed by atoms with van der Waals surface area (Å²) in [7, 11) is 0. The molecular weight excluding hydrogens is 769 g/mol. The van der Waals surface area contributed by atoms with E-state index in [1.54, 1.807) is 0 Å². The van der Waals surface area contributed by atoms with Gasteiger partial charge in [0.15, 0.2) is 0 Å². The molecule has 0 amide bonds. The van der Waals surface area contributed by atoms with Crippen LogP contribution in [0.5, 0.6) is 0 Å². The van der Waals surface area contributed by atoms with Crippen molar-refractivity contribution in [2.45, 2.75) is 169 Å². The van der Waals surface area contributed by atoms with Crippen LogP contribution in [0, 0.1) is 47.4 Å². The summed E-state index contributed by atoms with van der Waals surface area (Å²) in [5.41, 5.74) is 13.8. The van der Waals surface area contributed by atoms with Gasteiger partial charge >= 0.3 is 0 Å². The van der Waals surface area contributed by atoms with Gasteiger partial charge < -0.3 is 0 Å². The molecule has 0 saturated carbocycles. The first-order valence-corrected chi connectivity index (χ1v) is 25.2. The number of aryl methyl sites for hydroxylation is 4. The SMILES string of the molecule is CCCCCCCCc1ccc(C#Cc2ccc(C#Cc3cc(CCCCC)c(C#Cc4ccc(C#Cc5ccc(CCCCCCCC)cc5)cc4)cc3CCCCC)cc2)cc1. The van der Waals surface area contributed by atoms with Crippen LogP contribution in [0.3, 0.4) is 0 Å². The van der Waals surface area contributed by atoms with E-state index < -0.39 is 0 Å². The van der Waals surface area contributed by atoms with Crippen LogP contribution in [0.4, 0.5) is 0 Å². The molecule has 0 aliphatic heterocycles. The Labute approximate surface area is 390 Å². The Morgan fingerprint density at radius 2 is 0.484 bits per heavy atom. The van der Waals surface area contributed by atoms with Crippen molar-refractivity contribution >= 4 is 0 Å². The summed E-state index contributed by atoms with van der Waals surface area (Å²) in [5, 5.41) is 0. The van der Waals surface area contributed by atoms with Gasteiger partial charge in [-0.1, -0.05) is 189 Å². The Balaban J connectivity index is 1.25. The van der Waals surface area contributed by atoms with E-state index in [0.29, 0.717) is 0 Å². The van der Waals surface area contributed by atoms with Crippen LogP contribution >= 0.6 is 0 Å². The van der Waals surface area contributed by atoms with Gasteiger partial charge in [0.2, 0.25) is 0 Å². The molecule has 5 rings (SSSR count). The van der Waals surface area contributed by atoms with Crippen LogP contribution in [0.15, 0.2) is 109 Å². The highest BCUT2D eigenvalue weighted by Crippen LogP contribution is 2.22. The maximum absolute atomic E-state index is 3.60. The Morgan fingerprint density at radius 1 is 0.250 bits per heavy atom. The molecule has 0 heterocycles. The minimum Gasteiger partial charge on any atom is -0.0654 e. The first-order chi connectivity index (χ1) is 31.6. The molecule has 0 unspecified atom stereocenters. The molecule has 5 aromatic carbocycles. The highest BCUT2D eigenvalue weighted by atomic mass is 14.1. The smallest absolute Gasteiger partial charge is 0.0284 e. The summed E-state index contributed by atoms with van der Waals surface area (Å²) in [6.07, 6.45) is 27.4. The topological polar surface area (TPSA) is 0 Å². The highest BCUT2D eigenvalue weighted by Gasteiger charge is 2.09. The third kappa shape index (κ3) is 18.6. The summed E-state index contributed by atoms with van der Waals surface area (Å²) >= 11 is 0. The molecule has 5 aromatic rings. The second-order valence-electron chi connectivity index (χ2n) is 17.7. The van der Waals surface area contributed by atoms with E-state index >= 15 is 0 Å². The van der Waals surface area contributed by atoms with Gasteiger partial charge in [-0.25, -0.2) is 0 Å². The van der Waals surface area contributed by atoms with Crippen LogP contribution in [0.2, 0.25) is 0 Å². The van der Waals surface area contributed by atoms with Crippen molar-refractivity contribution in [3.63, 3.8) is 0 Å². The fraction of sp³-hybridized carbons (Fsp3) is 0.406. The Hall–Kier alpha value is -5.66. The number of benzene rings is 5. The van der Waals surface area contributed by atoms with Gasteiger partial charge in [0, 0.05) is 44.5 Å². The predicted octanol–water partition coefficient (Wildman–Crippen LogP) is 16.6. The van der Waals surface area contributed by atoms with Crippen molar-refractivity contribution < 1.29 is 0 Å². The fourth-order valence-corrected chi connectivity index (χ4v) is 8.04. The number of hydrogen-bond donors (Lipinski definition) is 0. The van der Waals surface area contributed by atoms with Crippen molar-refractivity contribution in [2.24, 2.45) is 0 Å². The van der Waals surface area contributed by atoms with Crippen molar-refractivity contribution in [2.75, 3.05) is 0 Å². The van der Waals surface area contributed by atoms with Crippen LogP contribution < -0.4 is 0 Å². The lowest BCUT2D eigenvalue weighted by Gasteiger charge is -2.11. The third-order valence-electron chi connectivity index (χ3n) is 12.1. The molecule has 0 aliphatic rings. The van der Waals surface area contributed by atoms with Crippen molar-refractivity contribution in [1.29, 1.82) is 0 Å². The molecular formula is C64H74. The maximum atomic E-state index is 3.60. The normalized spacial score (nSPS) is 10.4. The van der Waals surface area contributed by atoms with E-state index in [2.05, 4.69) is 184 Å². The van der Waals surface area contributed by atoms with E-state index in [1.165, 1.54) is 125 Å². The van der Waals surface area contributed by atoms with Crippen molar-refractivity contribution in [3.8, 4) is 47.4 Å². The number of rotatable bonds is 22. The molecule has 64 heavy (non-hydrogen) atoms. The monoisotopic (exact) mass is 843 g/mol. The fourth-order valence-electron chi connectivity index (χ4n) is 8.04. The zero-order valence-corrected chi connectivity index (χ0v) is 39.9. The van der Waals surface area contributed by atoms with E-state index in [-0.39, 0.29) is 0 Å². The molecule has 0 bridgehead atoms. The minimum absolute atomic E-state index is 1.00. The second-order valence-corrected chi connectivity index (χ2v) is 17.7. The van der Waals surface area contributed by atoms with Crippen LogP contribution in [0.1, 0.15) is 210 Å². The first-order valence-electron chi connectivity index (χ1n) is 25.2. The van der Waals surface area contributed by atoms with Gasteiger partial charge in [-0.15, -0.1) is 0 Å². The highest BCUT2D eigenvalue weighted by molar-refractivity contribution is 5.56. The number of hydrogen-bond acceptors (Lipinski definition) is 0. The summed E-state index contributed by atoms with van der Waals surface area (Å²) in [5.74, 6) is 27.6. The summed E-state index contributed by atoms with van der Waals surface area (Å²) in [4.78, 5) is 0. The zero-order valence-electron chi connectivity index (χ0n) is 39.9. The van der Waals surface area contributed by atoms with Gasteiger partial charge in [0.25, 0.3) is 0 Å². The molecule has 0 atom stereocenters. The minimum atomic E-state index is 1.00. The molecule has 0 radical (unpaired) electrons. The van der Waals surface area contributed by atoms with E-state index in [9.17, 15) is 0 Å². The molecule has 0 saturated heterocycles. The largest absolute Gasteiger partial charge is 0.0654 e. The van der Waals surface area contributed by atoms with E-state index in [4.69, 9.17) is 0 Å². The Morgan fingerprint density at radius 3 is 0.797 bits per heavy atom. The zero-order chi connectivity index (χ0) is 44.9. The van der Waals surface area contributed by atoms with Crippen LogP contribution in [0.25, 0.3) is 0 Å². The standard InChI is InChI=1S/C64H74/c1-5-9-13-15-17-21-23-53-27-31-55(32-28-53)35-37-57-39-43-59(44-40-57)47-49-63-51-62(26-20-12-8-4)64(52-61(63)25-19-11-7-3)50-48-60-45-41-58(42-46-60)38-36-56-33-29-54(30-34-56)24-22-18-16-14-10-6-2/h27-34,39-46,51-52H,5-26H2,1-4H3. The summed E-state index contributed by atoms with van der Waals surface area (Å²) < 4.78 is 0. The van der Waals surface area contributed by atoms with Gasteiger partial charge in [0.1, 0.15) is 0 Å². The van der Waals surface area contributed by atoms with Gasteiger partial charge in [0.05, 0.1) is 0 Å². The lowest BCUT2D eigenvalue weighted by Crippen LogP contribution is -1.99. The summed E-state index contributed by atoms with van der Waals surface area (Å²) in [6, 6.07) is 39.1. The average molecular weight is 843 g/mol. The second kappa shape index (κ2) is 29.7. The molecule has 0 nitrogen and oxygen atoms in total.